The molecule has 0 fully saturated rings. The molecular weight excluding hydrogens is 290 g/mol. The quantitative estimate of drug-likeness (QED) is 0.619. The zero-order chi connectivity index (χ0) is 15.2. The van der Waals surface area contributed by atoms with Crippen molar-refractivity contribution < 1.29 is 4.74 Å². The molecule has 3 rings (SSSR count). The van der Waals surface area contributed by atoms with Gasteiger partial charge >= 0.3 is 0 Å². The number of thiophene rings is 1. The summed E-state index contributed by atoms with van der Waals surface area (Å²) in [7, 11) is 0. The Balaban J connectivity index is 1.85. The van der Waals surface area contributed by atoms with Crippen LogP contribution in [-0.2, 0) is 0 Å². The number of hydrogen-bond donors (Lipinski definition) is 1. The minimum atomic E-state index is 0.102. The molecule has 0 amide bonds. The lowest BCUT2D eigenvalue weighted by atomic mass is 10.1. The third-order valence-corrected chi connectivity index (χ3v) is 4.68. The van der Waals surface area contributed by atoms with Crippen molar-refractivity contribution >= 4 is 22.1 Å². The van der Waals surface area contributed by atoms with Crippen LogP contribution >= 0.6 is 11.3 Å². The van der Waals surface area contributed by atoms with Crippen molar-refractivity contribution in [2.45, 2.75) is 19.4 Å². The molecule has 2 nitrogen and oxygen atoms in total. The zero-order valence-electron chi connectivity index (χ0n) is 12.8. The van der Waals surface area contributed by atoms with Crippen molar-refractivity contribution in [2.24, 2.45) is 0 Å². The first-order valence-electron chi connectivity index (χ1n) is 7.77. The second-order valence-electron chi connectivity index (χ2n) is 5.24. The van der Waals surface area contributed by atoms with Crippen LogP contribution in [0.2, 0.25) is 0 Å². The van der Waals surface area contributed by atoms with Crippen LogP contribution in [0.15, 0.2) is 60.0 Å². The summed E-state index contributed by atoms with van der Waals surface area (Å²) in [4.78, 5) is 1.28. The van der Waals surface area contributed by atoms with Gasteiger partial charge in [-0.25, -0.2) is 0 Å². The molecular formula is C19H21NOS. The number of benzene rings is 2. The van der Waals surface area contributed by atoms with Crippen molar-refractivity contribution in [1.82, 2.24) is 5.32 Å². The van der Waals surface area contributed by atoms with E-state index in [2.05, 4.69) is 72.2 Å². The van der Waals surface area contributed by atoms with Crippen LogP contribution in [0.25, 0.3) is 10.8 Å². The van der Waals surface area contributed by atoms with E-state index < -0.39 is 0 Å². The maximum absolute atomic E-state index is 6.39. The Morgan fingerprint density at radius 1 is 1.05 bits per heavy atom. The largest absolute Gasteiger partial charge is 0.484 e. The van der Waals surface area contributed by atoms with Crippen LogP contribution < -0.4 is 10.1 Å². The van der Waals surface area contributed by atoms with Crippen LogP contribution in [0.4, 0.5) is 0 Å². The second kappa shape index (κ2) is 7.43. The molecule has 1 atom stereocenters. The lowest BCUT2D eigenvalue weighted by Gasteiger charge is -2.19. The van der Waals surface area contributed by atoms with Gasteiger partial charge in [0.15, 0.2) is 0 Å². The predicted molar refractivity (Wildman–Crippen MR) is 94.8 cm³/mol. The van der Waals surface area contributed by atoms with Gasteiger partial charge in [0.05, 0.1) is 0 Å². The van der Waals surface area contributed by atoms with Gasteiger partial charge in [-0.15, -0.1) is 11.3 Å². The van der Waals surface area contributed by atoms with Gasteiger partial charge in [0.1, 0.15) is 11.9 Å². The molecule has 1 unspecified atom stereocenters. The molecule has 0 saturated heterocycles. The Hall–Kier alpha value is -1.84. The summed E-state index contributed by atoms with van der Waals surface area (Å²) in [5.41, 5.74) is 0. The van der Waals surface area contributed by atoms with Gasteiger partial charge in [0.2, 0.25) is 0 Å². The van der Waals surface area contributed by atoms with Crippen molar-refractivity contribution in [1.29, 1.82) is 0 Å². The summed E-state index contributed by atoms with van der Waals surface area (Å²) >= 11 is 1.76. The average molecular weight is 311 g/mol. The number of nitrogens with one attached hydrogen (secondary N) is 1. The molecule has 0 aliphatic heterocycles. The summed E-state index contributed by atoms with van der Waals surface area (Å²) in [6.45, 7) is 4.08. The number of rotatable bonds is 7. The molecule has 1 aromatic heterocycles. The van der Waals surface area contributed by atoms with E-state index in [0.29, 0.717) is 0 Å². The molecule has 0 saturated carbocycles. The third kappa shape index (κ3) is 3.49. The summed E-state index contributed by atoms with van der Waals surface area (Å²) in [5.74, 6) is 0.966. The number of fused-ring (bicyclic) bond motifs is 1. The van der Waals surface area contributed by atoms with Crippen molar-refractivity contribution in [3.05, 3.63) is 64.9 Å². The van der Waals surface area contributed by atoms with E-state index in [0.717, 1.165) is 25.3 Å². The Morgan fingerprint density at radius 2 is 1.91 bits per heavy atom. The molecule has 0 aliphatic rings. The first kappa shape index (κ1) is 15.1. The Bertz CT molecular complexity index is 703. The lowest BCUT2D eigenvalue weighted by molar-refractivity contribution is 0.200. The highest BCUT2D eigenvalue weighted by atomic mass is 32.1. The fourth-order valence-electron chi connectivity index (χ4n) is 2.60. The predicted octanol–water partition coefficient (Wildman–Crippen LogP) is 5.02. The highest BCUT2D eigenvalue weighted by molar-refractivity contribution is 7.10. The summed E-state index contributed by atoms with van der Waals surface area (Å²) in [6, 6.07) is 18.9. The zero-order valence-corrected chi connectivity index (χ0v) is 13.6. The van der Waals surface area contributed by atoms with Gasteiger partial charge in [-0.1, -0.05) is 49.4 Å². The van der Waals surface area contributed by atoms with E-state index in [9.17, 15) is 0 Å². The Labute approximate surface area is 135 Å². The second-order valence-corrected chi connectivity index (χ2v) is 6.22. The highest BCUT2D eigenvalue weighted by Gasteiger charge is 2.15. The van der Waals surface area contributed by atoms with E-state index in [1.807, 2.05) is 0 Å². The smallest absolute Gasteiger partial charge is 0.134 e. The van der Waals surface area contributed by atoms with Gasteiger partial charge < -0.3 is 10.1 Å². The van der Waals surface area contributed by atoms with Gasteiger partial charge in [-0.2, -0.15) is 0 Å². The van der Waals surface area contributed by atoms with E-state index >= 15 is 0 Å². The molecule has 3 heteroatoms. The van der Waals surface area contributed by atoms with Crippen LogP contribution in [0.3, 0.4) is 0 Å². The molecule has 2 aromatic carbocycles. The summed E-state index contributed by atoms with van der Waals surface area (Å²) < 4.78 is 6.39. The van der Waals surface area contributed by atoms with Gasteiger partial charge in [-0.05, 0) is 36.0 Å². The molecule has 22 heavy (non-hydrogen) atoms. The van der Waals surface area contributed by atoms with E-state index in [4.69, 9.17) is 4.74 Å². The topological polar surface area (TPSA) is 21.3 Å². The Kier molecular flexibility index (Phi) is 5.09. The molecule has 1 heterocycles. The third-order valence-electron chi connectivity index (χ3n) is 3.71. The standard InChI is InChI=1S/C19H21NOS/c1-2-20-13-12-18(19-11-6-14-22-19)21-17-10-5-8-15-7-3-4-9-16(15)17/h3-11,14,18,20H,2,12-13H2,1H3. The summed E-state index contributed by atoms with van der Waals surface area (Å²) in [6.07, 6.45) is 1.07. The van der Waals surface area contributed by atoms with E-state index in [1.54, 1.807) is 11.3 Å². The fourth-order valence-corrected chi connectivity index (χ4v) is 3.38. The normalized spacial score (nSPS) is 12.4. The van der Waals surface area contributed by atoms with Crippen molar-refractivity contribution in [2.75, 3.05) is 13.1 Å². The van der Waals surface area contributed by atoms with Crippen LogP contribution in [0.1, 0.15) is 24.3 Å². The van der Waals surface area contributed by atoms with Crippen LogP contribution in [-0.4, -0.2) is 13.1 Å². The molecule has 0 aliphatic carbocycles. The van der Waals surface area contributed by atoms with Crippen molar-refractivity contribution in [3.8, 4) is 5.75 Å². The number of ether oxygens (including phenoxy) is 1. The molecule has 0 bridgehead atoms. The van der Waals surface area contributed by atoms with Crippen LogP contribution in [0, 0.1) is 0 Å². The molecule has 1 N–H and O–H groups in total. The minimum Gasteiger partial charge on any atom is -0.484 e. The maximum atomic E-state index is 6.39. The first-order valence-corrected chi connectivity index (χ1v) is 8.65. The van der Waals surface area contributed by atoms with Crippen LogP contribution in [0.5, 0.6) is 5.75 Å². The fraction of sp³-hybridized carbons (Fsp3) is 0.263. The highest BCUT2D eigenvalue weighted by Crippen LogP contribution is 2.32. The SMILES string of the molecule is CCNCCC(Oc1cccc2ccccc12)c1cccs1. The maximum Gasteiger partial charge on any atom is 0.134 e. The van der Waals surface area contributed by atoms with E-state index in [-0.39, 0.29) is 6.10 Å². The average Bonchev–Trinajstić information content (AvgIpc) is 3.09. The monoisotopic (exact) mass is 311 g/mol. The lowest BCUT2D eigenvalue weighted by Crippen LogP contribution is -2.19. The van der Waals surface area contributed by atoms with Gasteiger partial charge in [-0.3, -0.25) is 0 Å². The molecule has 114 valence electrons. The van der Waals surface area contributed by atoms with Gasteiger partial charge in [0, 0.05) is 16.7 Å². The minimum absolute atomic E-state index is 0.102. The van der Waals surface area contributed by atoms with Crippen molar-refractivity contribution in [3.63, 3.8) is 0 Å². The molecule has 3 aromatic rings. The number of hydrogen-bond acceptors (Lipinski definition) is 3. The molecule has 0 spiro atoms. The first-order chi connectivity index (χ1) is 10.9. The summed E-state index contributed by atoms with van der Waals surface area (Å²) in [5, 5.41) is 7.90. The molecule has 0 radical (unpaired) electrons. The van der Waals surface area contributed by atoms with E-state index in [1.165, 1.54) is 15.6 Å². The Morgan fingerprint density at radius 3 is 2.73 bits per heavy atom. The van der Waals surface area contributed by atoms with Gasteiger partial charge in [0.25, 0.3) is 0 Å².